The lowest BCUT2D eigenvalue weighted by Gasteiger charge is -2.33. The zero-order valence-corrected chi connectivity index (χ0v) is 21.4. The number of ether oxygens (including phenoxy) is 1. The van der Waals surface area contributed by atoms with E-state index in [-0.39, 0.29) is 12.3 Å². The molecule has 0 heterocycles. The Morgan fingerprint density at radius 2 is 1.77 bits per heavy atom. The van der Waals surface area contributed by atoms with Crippen LogP contribution < -0.4 is 10.6 Å². The van der Waals surface area contributed by atoms with E-state index in [4.69, 9.17) is 4.74 Å². The molecule has 0 saturated heterocycles. The molecule has 0 spiro atoms. The summed E-state index contributed by atoms with van der Waals surface area (Å²) >= 11 is 0. The lowest BCUT2D eigenvalue weighted by molar-refractivity contribution is -0.140. The van der Waals surface area contributed by atoms with Crippen molar-refractivity contribution in [1.82, 2.24) is 10.2 Å². The molecule has 0 bridgehead atoms. The van der Waals surface area contributed by atoms with Gasteiger partial charge in [0.25, 0.3) is 5.91 Å². The first kappa shape index (κ1) is 27.7. The summed E-state index contributed by atoms with van der Waals surface area (Å²) in [5, 5.41) is 15.6. The number of benzene rings is 2. The molecule has 190 valence electrons. The molecule has 0 aliphatic carbocycles. The fourth-order valence-corrected chi connectivity index (χ4v) is 3.57. The van der Waals surface area contributed by atoms with Gasteiger partial charge in [-0.25, -0.2) is 4.79 Å². The molecule has 0 aromatic heterocycles. The van der Waals surface area contributed by atoms with E-state index in [1.54, 1.807) is 45.9 Å². The van der Waals surface area contributed by atoms with Gasteiger partial charge in [0.1, 0.15) is 23.4 Å². The number of anilines is 1. The van der Waals surface area contributed by atoms with Crippen LogP contribution in [0.15, 0.2) is 48.5 Å². The topological polar surface area (TPSA) is 108 Å². The van der Waals surface area contributed by atoms with Crippen LogP contribution in [-0.2, 0) is 14.3 Å². The number of para-hydroxylation sites is 1. The minimum Gasteiger partial charge on any atom is -0.508 e. The summed E-state index contributed by atoms with van der Waals surface area (Å²) in [6.45, 7) is 10.9. The minimum absolute atomic E-state index is 0.0148. The van der Waals surface area contributed by atoms with Crippen LogP contribution in [0.25, 0.3) is 0 Å². The smallest absolute Gasteiger partial charge is 0.408 e. The fourth-order valence-electron chi connectivity index (χ4n) is 3.57. The van der Waals surface area contributed by atoms with Gasteiger partial charge in [0.2, 0.25) is 5.91 Å². The fraction of sp³-hybridized carbons (Fsp3) is 0.444. The van der Waals surface area contributed by atoms with Crippen molar-refractivity contribution >= 4 is 23.6 Å². The van der Waals surface area contributed by atoms with Gasteiger partial charge in [0, 0.05) is 12.2 Å². The highest BCUT2D eigenvalue weighted by Crippen LogP contribution is 2.28. The normalized spacial score (nSPS) is 12.9. The van der Waals surface area contributed by atoms with Gasteiger partial charge in [-0.3, -0.25) is 9.59 Å². The molecule has 0 aliphatic heterocycles. The van der Waals surface area contributed by atoms with Crippen molar-refractivity contribution in [2.45, 2.75) is 72.1 Å². The summed E-state index contributed by atoms with van der Waals surface area (Å²) in [6, 6.07) is 11.7. The number of carbonyl (C=O) groups excluding carboxylic acids is 3. The Balaban J connectivity index is 2.42. The molecule has 0 aliphatic rings. The van der Waals surface area contributed by atoms with Crippen molar-refractivity contribution in [3.05, 3.63) is 59.7 Å². The average molecular weight is 484 g/mol. The lowest BCUT2D eigenvalue weighted by atomic mass is 10.0. The molecule has 2 atom stereocenters. The third-order valence-electron chi connectivity index (χ3n) is 5.29. The number of nitrogens with one attached hydrogen (secondary N) is 2. The number of phenolic OH excluding ortho intramolecular Hbond substituents is 1. The number of amides is 3. The van der Waals surface area contributed by atoms with Crippen LogP contribution in [0, 0.1) is 6.92 Å². The molecule has 0 fully saturated rings. The first-order valence-electron chi connectivity index (χ1n) is 11.9. The van der Waals surface area contributed by atoms with E-state index in [1.165, 1.54) is 17.0 Å². The zero-order valence-electron chi connectivity index (χ0n) is 21.4. The first-order valence-corrected chi connectivity index (χ1v) is 11.9. The van der Waals surface area contributed by atoms with Crippen molar-refractivity contribution < 1.29 is 24.2 Å². The molecule has 2 rings (SSSR count). The van der Waals surface area contributed by atoms with Gasteiger partial charge in [0.15, 0.2) is 0 Å². The third kappa shape index (κ3) is 8.31. The molecular formula is C27H37N3O5. The summed E-state index contributed by atoms with van der Waals surface area (Å²) in [6.07, 6.45) is 0.730. The van der Waals surface area contributed by atoms with E-state index < -0.39 is 35.6 Å². The SMILES string of the molecule is CCCCN(C(=O)C(C)NC(=O)OC(C)(C)C)C(C(=O)Nc1ccccc1C)c1cccc(O)c1. The van der Waals surface area contributed by atoms with Crippen LogP contribution in [0.3, 0.4) is 0 Å². The second-order valence-corrected chi connectivity index (χ2v) is 9.55. The molecule has 0 radical (unpaired) electrons. The summed E-state index contributed by atoms with van der Waals surface area (Å²) < 4.78 is 5.29. The molecule has 2 unspecified atom stereocenters. The van der Waals surface area contributed by atoms with Crippen molar-refractivity contribution in [2.24, 2.45) is 0 Å². The monoisotopic (exact) mass is 483 g/mol. The van der Waals surface area contributed by atoms with Crippen LogP contribution in [0.1, 0.15) is 64.6 Å². The van der Waals surface area contributed by atoms with Crippen LogP contribution in [0.4, 0.5) is 10.5 Å². The summed E-state index contributed by atoms with van der Waals surface area (Å²) in [7, 11) is 0. The lowest BCUT2D eigenvalue weighted by Crippen LogP contribution is -2.51. The van der Waals surface area contributed by atoms with Crippen molar-refractivity contribution in [3.8, 4) is 5.75 Å². The van der Waals surface area contributed by atoms with E-state index in [2.05, 4.69) is 10.6 Å². The summed E-state index contributed by atoms with van der Waals surface area (Å²) in [5.41, 5.74) is 1.25. The van der Waals surface area contributed by atoms with E-state index in [0.717, 1.165) is 12.0 Å². The number of aryl methyl sites for hydroxylation is 1. The Bertz CT molecular complexity index is 1030. The Hall–Kier alpha value is -3.55. The van der Waals surface area contributed by atoms with Crippen LogP contribution in [-0.4, -0.2) is 46.1 Å². The predicted octanol–water partition coefficient (Wildman–Crippen LogP) is 4.92. The number of nitrogens with zero attached hydrogens (tertiary/aromatic N) is 1. The number of carbonyl (C=O) groups is 3. The Kier molecular flexibility index (Phi) is 9.68. The van der Waals surface area contributed by atoms with Crippen LogP contribution in [0.5, 0.6) is 5.75 Å². The number of alkyl carbamates (subject to hydrolysis) is 1. The highest BCUT2D eigenvalue weighted by molar-refractivity contribution is 5.99. The largest absolute Gasteiger partial charge is 0.508 e. The van der Waals surface area contributed by atoms with E-state index in [0.29, 0.717) is 17.7 Å². The van der Waals surface area contributed by atoms with Crippen LogP contribution in [0.2, 0.25) is 0 Å². The van der Waals surface area contributed by atoms with Gasteiger partial charge in [0.05, 0.1) is 0 Å². The average Bonchev–Trinajstić information content (AvgIpc) is 2.76. The second-order valence-electron chi connectivity index (χ2n) is 9.55. The first-order chi connectivity index (χ1) is 16.4. The Labute approximate surface area is 207 Å². The molecule has 3 N–H and O–H groups in total. The van der Waals surface area contributed by atoms with Gasteiger partial charge in [-0.2, -0.15) is 0 Å². The number of rotatable bonds is 9. The molecule has 2 aromatic rings. The number of hydrogen-bond donors (Lipinski definition) is 3. The molecule has 35 heavy (non-hydrogen) atoms. The zero-order chi connectivity index (χ0) is 26.2. The Morgan fingerprint density at radius 3 is 2.37 bits per heavy atom. The molecule has 8 heteroatoms. The van der Waals surface area contributed by atoms with E-state index in [9.17, 15) is 19.5 Å². The van der Waals surface area contributed by atoms with E-state index >= 15 is 0 Å². The Morgan fingerprint density at radius 1 is 1.09 bits per heavy atom. The quantitative estimate of drug-likeness (QED) is 0.469. The molecule has 0 saturated carbocycles. The maximum absolute atomic E-state index is 13.6. The third-order valence-corrected chi connectivity index (χ3v) is 5.29. The van der Waals surface area contributed by atoms with Crippen molar-refractivity contribution in [1.29, 1.82) is 0 Å². The molecule has 3 amide bonds. The number of aromatic hydroxyl groups is 1. The maximum Gasteiger partial charge on any atom is 0.408 e. The summed E-state index contributed by atoms with van der Waals surface area (Å²) in [4.78, 5) is 40.9. The highest BCUT2D eigenvalue weighted by Gasteiger charge is 2.34. The maximum atomic E-state index is 13.6. The van der Waals surface area contributed by atoms with Crippen molar-refractivity contribution in [3.63, 3.8) is 0 Å². The van der Waals surface area contributed by atoms with Crippen molar-refractivity contribution in [2.75, 3.05) is 11.9 Å². The number of unbranched alkanes of at least 4 members (excludes halogenated alkanes) is 1. The molecular weight excluding hydrogens is 446 g/mol. The van der Waals surface area contributed by atoms with Gasteiger partial charge in [-0.05, 0) is 70.4 Å². The predicted molar refractivity (Wildman–Crippen MR) is 136 cm³/mol. The number of hydrogen-bond acceptors (Lipinski definition) is 5. The molecule has 8 nitrogen and oxygen atoms in total. The van der Waals surface area contributed by atoms with Gasteiger partial charge in [-0.15, -0.1) is 0 Å². The minimum atomic E-state index is -1.02. The van der Waals surface area contributed by atoms with Gasteiger partial charge >= 0.3 is 6.09 Å². The van der Waals surface area contributed by atoms with E-state index in [1.807, 2.05) is 32.0 Å². The number of phenols is 1. The van der Waals surface area contributed by atoms with Gasteiger partial charge < -0.3 is 25.4 Å². The standard InChI is InChI=1S/C27H37N3O5/c1-7-8-16-30(25(33)19(3)28-26(34)35-27(4,5)6)23(20-13-11-14-21(31)17-20)24(32)29-22-15-10-9-12-18(22)2/h9-15,17,19,23,31H,7-8,16H2,1-6H3,(H,28,34)(H,29,32). The summed E-state index contributed by atoms with van der Waals surface area (Å²) in [5.74, 6) is -0.865. The second kappa shape index (κ2) is 12.2. The highest BCUT2D eigenvalue weighted by atomic mass is 16.6. The molecule has 2 aromatic carbocycles. The van der Waals surface area contributed by atoms with Gasteiger partial charge in [-0.1, -0.05) is 43.7 Å². The van der Waals surface area contributed by atoms with Crippen LogP contribution >= 0.6 is 0 Å².